The normalized spacial score (nSPS) is 11.3. The van der Waals surface area contributed by atoms with Crippen molar-refractivity contribution in [3.63, 3.8) is 0 Å². The Labute approximate surface area is 354 Å². The molecular weight excluding hydrogens is 725 g/mol. The minimum atomic E-state index is 0.169. The van der Waals surface area contributed by atoms with Gasteiger partial charge in [-0.3, -0.25) is 0 Å². The second kappa shape index (κ2) is 15.2. The van der Waals surface area contributed by atoms with E-state index in [1.807, 2.05) is 91.0 Å². The number of nitrogens with zero attached hydrogens (tertiary/aromatic N) is 3. The lowest BCUT2D eigenvalue weighted by Gasteiger charge is -2.21. The van der Waals surface area contributed by atoms with Crippen molar-refractivity contribution in [2.75, 3.05) is 0 Å². The summed E-state index contributed by atoms with van der Waals surface area (Å²) >= 11 is 0. The van der Waals surface area contributed by atoms with Crippen LogP contribution in [0.3, 0.4) is 0 Å². The van der Waals surface area contributed by atoms with E-state index in [1.54, 1.807) is 0 Å². The van der Waals surface area contributed by atoms with Gasteiger partial charge < -0.3 is 4.42 Å². The average Bonchev–Trinajstić information content (AvgIpc) is 3.70. The smallest absolute Gasteiger partial charge is 0.164 e. The number of hydrogen-bond donors (Lipinski definition) is 0. The van der Waals surface area contributed by atoms with Crippen LogP contribution in [0.5, 0.6) is 0 Å². The Hall–Kier alpha value is -7.11. The van der Waals surface area contributed by atoms with E-state index in [1.165, 1.54) is 11.1 Å². The van der Waals surface area contributed by atoms with Gasteiger partial charge in [0, 0.05) is 27.5 Å². The number of rotatable bonds is 7. The number of benzene rings is 8. The molecule has 10 rings (SSSR count). The van der Waals surface area contributed by atoms with Gasteiger partial charge in [-0.2, -0.15) is 0 Å². The first-order valence-electron chi connectivity index (χ1n) is 19.5. The lowest BCUT2D eigenvalue weighted by atomic mass is 9.59. The van der Waals surface area contributed by atoms with Crippen LogP contribution in [0.15, 0.2) is 174 Å². The van der Waals surface area contributed by atoms with Crippen molar-refractivity contribution in [3.05, 3.63) is 170 Å². The van der Waals surface area contributed by atoms with E-state index in [0.29, 0.717) is 23.0 Å². The van der Waals surface area contributed by atoms with Gasteiger partial charge in [0.1, 0.15) is 50.4 Å². The first kappa shape index (κ1) is 37.2. The van der Waals surface area contributed by atoms with E-state index in [0.717, 1.165) is 66.4 Å². The van der Waals surface area contributed by atoms with Gasteiger partial charge in [0.25, 0.3) is 0 Å². The summed E-state index contributed by atoms with van der Waals surface area (Å²) < 4.78 is 6.56. The van der Waals surface area contributed by atoms with Crippen molar-refractivity contribution in [2.45, 2.75) is 0 Å². The van der Waals surface area contributed by atoms with E-state index >= 15 is 0 Å². The van der Waals surface area contributed by atoms with Crippen LogP contribution in [0.25, 0.3) is 101 Å². The predicted octanol–water partition coefficient (Wildman–Crippen LogP) is 7.41. The molecule has 0 saturated carbocycles. The molecule has 0 saturated heterocycles. The van der Waals surface area contributed by atoms with Crippen molar-refractivity contribution in [2.24, 2.45) is 0 Å². The molecule has 0 N–H and O–H groups in total. The molecule has 0 bridgehead atoms. The van der Waals surface area contributed by atoms with Crippen LogP contribution in [0.2, 0.25) is 0 Å². The van der Waals surface area contributed by atoms with Crippen LogP contribution < -0.4 is 27.3 Å². The molecule has 0 aliphatic rings. The van der Waals surface area contributed by atoms with Gasteiger partial charge in [0.15, 0.2) is 17.5 Å². The molecule has 0 atom stereocenters. The molecule has 0 aliphatic carbocycles. The topological polar surface area (TPSA) is 51.8 Å². The highest BCUT2D eigenvalue weighted by Gasteiger charge is 2.21. The quantitative estimate of drug-likeness (QED) is 0.159. The minimum absolute atomic E-state index is 0.169. The Morgan fingerprint density at radius 1 is 0.300 bits per heavy atom. The number of furan rings is 1. The van der Waals surface area contributed by atoms with Crippen LogP contribution >= 0.6 is 0 Å². The summed E-state index contributed by atoms with van der Waals surface area (Å²) in [7, 11) is 31.3. The molecule has 8 aromatic carbocycles. The van der Waals surface area contributed by atoms with Crippen LogP contribution in [0.1, 0.15) is 0 Å². The van der Waals surface area contributed by atoms with Crippen molar-refractivity contribution in [1.29, 1.82) is 0 Å². The molecule has 4 nitrogen and oxygen atoms in total. The lowest BCUT2D eigenvalue weighted by Crippen LogP contribution is -2.55. The summed E-state index contributed by atoms with van der Waals surface area (Å²) in [5.41, 5.74) is 13.0. The van der Waals surface area contributed by atoms with Crippen LogP contribution in [0.4, 0.5) is 0 Å². The number of hydrogen-bond acceptors (Lipinski definition) is 4. The van der Waals surface area contributed by atoms with E-state index in [4.69, 9.17) is 58.6 Å². The molecule has 0 spiro atoms. The third kappa shape index (κ3) is 6.57. The third-order valence-corrected chi connectivity index (χ3v) is 11.1. The summed E-state index contributed by atoms with van der Waals surface area (Å²) in [5, 5.41) is 1.89. The van der Waals surface area contributed by atoms with E-state index in [-0.39, 0.29) is 27.3 Å². The third-order valence-electron chi connectivity index (χ3n) is 11.1. The molecule has 0 fully saturated rings. The Bertz CT molecular complexity index is 3210. The molecule has 0 amide bonds. The molecule has 9 heteroatoms. The SMILES string of the molecule is [B]c1c([B])c([B])c(-c2ccc(-c3nc(-c4ccccc4)nc(-c4cccc5oc6cccc(-c7cccc(-c8ccc(-c9ccccc9)cc8)c7)c6c45)n3)cc2)c([B])c1[B]. The summed E-state index contributed by atoms with van der Waals surface area (Å²) in [6, 6.07) is 57.4. The zero-order chi connectivity index (χ0) is 40.9. The maximum absolute atomic E-state index is 6.56. The van der Waals surface area contributed by atoms with Gasteiger partial charge >= 0.3 is 0 Å². The summed E-state index contributed by atoms with van der Waals surface area (Å²) in [6.07, 6.45) is 0. The van der Waals surface area contributed by atoms with Crippen molar-refractivity contribution >= 4 is 88.5 Å². The molecule has 0 unspecified atom stereocenters. The Balaban J connectivity index is 1.10. The summed E-state index contributed by atoms with van der Waals surface area (Å²) in [5.74, 6) is 1.52. The maximum atomic E-state index is 6.56. The zero-order valence-electron chi connectivity index (χ0n) is 32.3. The fraction of sp³-hybridized carbons (Fsp3) is 0. The van der Waals surface area contributed by atoms with Crippen molar-refractivity contribution in [1.82, 2.24) is 15.0 Å². The second-order valence-electron chi connectivity index (χ2n) is 14.7. The van der Waals surface area contributed by atoms with Crippen molar-refractivity contribution < 1.29 is 4.42 Å². The fourth-order valence-corrected chi connectivity index (χ4v) is 7.93. The number of aromatic nitrogens is 3. The largest absolute Gasteiger partial charge is 0.456 e. The Kier molecular flexibility index (Phi) is 9.45. The molecule has 10 aromatic rings. The molecule has 60 heavy (non-hydrogen) atoms. The van der Waals surface area contributed by atoms with Gasteiger partial charge in [-0.15, -0.1) is 16.4 Å². The summed E-state index contributed by atoms with van der Waals surface area (Å²) in [6.45, 7) is 0. The minimum Gasteiger partial charge on any atom is -0.456 e. The maximum Gasteiger partial charge on any atom is 0.164 e. The highest BCUT2D eigenvalue weighted by atomic mass is 16.3. The zero-order valence-corrected chi connectivity index (χ0v) is 32.3. The van der Waals surface area contributed by atoms with Gasteiger partial charge in [-0.25, -0.2) is 15.0 Å². The standard InChI is InChI=1S/C51H28B5N3O/c52-44-41(45(53)47(55)48(56)46(44)54)32-24-26-34(27-25-32)50-57-49(33-12-5-2-6-13-33)58-51(59-50)38-17-9-19-40-43(38)42-37(16-8-18-39(42)60-40)36-15-7-14-35(28-36)31-22-20-30(21-23-31)29-10-3-1-4-11-29/h1-28H. The predicted molar refractivity (Wildman–Crippen MR) is 252 cm³/mol. The molecule has 268 valence electrons. The summed E-state index contributed by atoms with van der Waals surface area (Å²) in [4.78, 5) is 15.2. The molecule has 2 heterocycles. The molecule has 0 aliphatic heterocycles. The van der Waals surface area contributed by atoms with Crippen LogP contribution in [-0.4, -0.2) is 54.2 Å². The van der Waals surface area contributed by atoms with Crippen molar-refractivity contribution in [3.8, 4) is 78.7 Å². The van der Waals surface area contributed by atoms with E-state index < -0.39 is 0 Å². The van der Waals surface area contributed by atoms with Crippen LogP contribution in [0, 0.1) is 0 Å². The number of fused-ring (bicyclic) bond motifs is 3. The fourth-order valence-electron chi connectivity index (χ4n) is 7.93. The van der Waals surface area contributed by atoms with Gasteiger partial charge in [0.2, 0.25) is 0 Å². The van der Waals surface area contributed by atoms with E-state index in [2.05, 4.69) is 78.9 Å². The Morgan fingerprint density at radius 2 is 0.700 bits per heavy atom. The molecular formula is C51H28B5N3O. The second-order valence-corrected chi connectivity index (χ2v) is 14.7. The molecule has 10 radical (unpaired) electrons. The van der Waals surface area contributed by atoms with Gasteiger partial charge in [-0.1, -0.05) is 163 Å². The average molecular weight is 753 g/mol. The Morgan fingerprint density at radius 3 is 1.32 bits per heavy atom. The van der Waals surface area contributed by atoms with Gasteiger partial charge in [0.05, 0.1) is 0 Å². The first-order valence-corrected chi connectivity index (χ1v) is 19.5. The lowest BCUT2D eigenvalue weighted by molar-refractivity contribution is 0.669. The molecule has 2 aromatic heterocycles. The van der Waals surface area contributed by atoms with E-state index in [9.17, 15) is 0 Å². The first-order chi connectivity index (χ1) is 29.3. The highest BCUT2D eigenvalue weighted by Crippen LogP contribution is 2.42. The monoisotopic (exact) mass is 753 g/mol. The van der Waals surface area contributed by atoms with Crippen LogP contribution in [-0.2, 0) is 0 Å². The van der Waals surface area contributed by atoms with Gasteiger partial charge in [-0.05, 0) is 62.7 Å². The highest BCUT2D eigenvalue weighted by molar-refractivity contribution is 6.68.